The molecule has 1 rings (SSSR count). The van der Waals surface area contributed by atoms with E-state index < -0.39 is 34.6 Å². The highest BCUT2D eigenvalue weighted by atomic mass is 35.5. The van der Waals surface area contributed by atoms with Crippen LogP contribution >= 0.6 is 24.0 Å². The number of amides is 2. The Hall–Kier alpha value is -1.51. The average Bonchev–Trinajstić information content (AvgIpc) is 2.46. The lowest BCUT2D eigenvalue weighted by Gasteiger charge is -2.22. The largest absolute Gasteiger partial charge is 0.417 e. The van der Waals surface area contributed by atoms with E-state index in [1.807, 2.05) is 13.8 Å². The van der Waals surface area contributed by atoms with E-state index in [0.29, 0.717) is 6.42 Å². The van der Waals surface area contributed by atoms with E-state index >= 15 is 0 Å². The Labute approximate surface area is 161 Å². The van der Waals surface area contributed by atoms with E-state index in [0.717, 1.165) is 17.0 Å². The van der Waals surface area contributed by atoms with Crippen LogP contribution < -0.4 is 11.1 Å². The smallest absolute Gasteiger partial charge is 0.335 e. The van der Waals surface area contributed by atoms with Crippen molar-refractivity contribution >= 4 is 41.5 Å². The molecule has 0 bridgehead atoms. The van der Waals surface area contributed by atoms with Crippen molar-refractivity contribution in [1.82, 2.24) is 4.90 Å². The van der Waals surface area contributed by atoms with Gasteiger partial charge in [0.25, 0.3) is 0 Å². The lowest BCUT2D eigenvalue weighted by atomic mass is 10.0. The molecule has 5 nitrogen and oxygen atoms in total. The summed E-state index contributed by atoms with van der Waals surface area (Å²) in [6.07, 6.45) is -4.16. The highest BCUT2D eigenvalue weighted by molar-refractivity contribution is 6.31. The van der Waals surface area contributed by atoms with Crippen molar-refractivity contribution in [2.45, 2.75) is 32.5 Å². The molecular weight excluding hydrogens is 394 g/mol. The number of halogens is 5. The minimum absolute atomic E-state index is 0. The van der Waals surface area contributed by atoms with Gasteiger partial charge in [0.1, 0.15) is 0 Å². The number of benzene rings is 1. The summed E-state index contributed by atoms with van der Waals surface area (Å²) >= 11 is 5.52. The second-order valence-corrected chi connectivity index (χ2v) is 6.58. The first kappa shape index (κ1) is 24.5. The van der Waals surface area contributed by atoms with Crippen LogP contribution in [0.1, 0.15) is 25.8 Å². The first-order valence-corrected chi connectivity index (χ1v) is 7.96. The molecule has 1 atom stereocenters. The lowest BCUT2D eigenvalue weighted by molar-refractivity contribution is -0.137. The summed E-state index contributed by atoms with van der Waals surface area (Å²) in [7, 11) is 1.41. The van der Waals surface area contributed by atoms with Gasteiger partial charge in [0.05, 0.1) is 23.2 Å². The Morgan fingerprint density at radius 2 is 1.88 bits per heavy atom. The molecule has 0 radical (unpaired) electrons. The van der Waals surface area contributed by atoms with Crippen LogP contribution in [0.3, 0.4) is 0 Å². The molecule has 0 aromatic heterocycles. The summed E-state index contributed by atoms with van der Waals surface area (Å²) in [5, 5.41) is 1.85. The number of anilines is 1. The SMILES string of the molecule is CC(C)C[C@H](N)C(=O)N(C)CC(=O)Nc1ccc(Cl)c(C(F)(F)F)c1.Cl. The summed E-state index contributed by atoms with van der Waals surface area (Å²) in [6.45, 7) is 3.51. The lowest BCUT2D eigenvalue weighted by Crippen LogP contribution is -2.45. The maximum Gasteiger partial charge on any atom is 0.417 e. The predicted octanol–water partition coefficient (Wildman–Crippen LogP) is 3.55. The van der Waals surface area contributed by atoms with E-state index in [-0.39, 0.29) is 30.6 Å². The fourth-order valence-corrected chi connectivity index (χ4v) is 2.43. The van der Waals surface area contributed by atoms with E-state index in [1.165, 1.54) is 13.1 Å². The van der Waals surface area contributed by atoms with Crippen molar-refractivity contribution in [3.05, 3.63) is 28.8 Å². The van der Waals surface area contributed by atoms with Gasteiger partial charge in [0.15, 0.2) is 0 Å². The predicted molar refractivity (Wildman–Crippen MR) is 97.4 cm³/mol. The zero-order valence-corrected chi connectivity index (χ0v) is 16.1. The van der Waals surface area contributed by atoms with Gasteiger partial charge in [0, 0.05) is 12.7 Å². The van der Waals surface area contributed by atoms with E-state index in [9.17, 15) is 22.8 Å². The average molecular weight is 416 g/mol. The number of nitrogens with zero attached hydrogens (tertiary/aromatic N) is 1. The van der Waals surface area contributed by atoms with Crippen molar-refractivity contribution in [1.29, 1.82) is 0 Å². The molecule has 1 aromatic rings. The van der Waals surface area contributed by atoms with Gasteiger partial charge in [-0.2, -0.15) is 13.2 Å². The van der Waals surface area contributed by atoms with Gasteiger partial charge >= 0.3 is 6.18 Å². The number of carbonyl (C=O) groups is 2. The van der Waals surface area contributed by atoms with Crippen molar-refractivity contribution in [2.24, 2.45) is 11.7 Å². The van der Waals surface area contributed by atoms with Crippen molar-refractivity contribution in [2.75, 3.05) is 18.9 Å². The number of hydrogen-bond acceptors (Lipinski definition) is 3. The van der Waals surface area contributed by atoms with Gasteiger partial charge in [-0.15, -0.1) is 12.4 Å². The van der Waals surface area contributed by atoms with Crippen LogP contribution in [0.2, 0.25) is 5.02 Å². The number of alkyl halides is 3. The Morgan fingerprint density at radius 3 is 2.38 bits per heavy atom. The van der Waals surface area contributed by atoms with Gasteiger partial charge < -0.3 is 16.0 Å². The van der Waals surface area contributed by atoms with Crippen molar-refractivity contribution < 1.29 is 22.8 Å². The molecule has 0 saturated carbocycles. The normalized spacial score (nSPS) is 12.3. The third-order valence-electron chi connectivity index (χ3n) is 3.36. The standard InChI is InChI=1S/C16H21ClF3N3O2.ClH/c1-9(2)6-13(21)15(25)23(3)8-14(24)22-10-4-5-12(17)11(7-10)16(18,19)20;/h4-5,7,9,13H,6,8,21H2,1-3H3,(H,22,24);1H/t13-;/m0./s1. The zero-order valence-electron chi connectivity index (χ0n) is 14.6. The molecule has 1 aromatic carbocycles. The van der Waals surface area contributed by atoms with Crippen LogP contribution in [0.4, 0.5) is 18.9 Å². The van der Waals surface area contributed by atoms with Gasteiger partial charge in [-0.1, -0.05) is 25.4 Å². The topological polar surface area (TPSA) is 75.4 Å². The molecule has 26 heavy (non-hydrogen) atoms. The highest BCUT2D eigenvalue weighted by Gasteiger charge is 2.33. The third-order valence-corrected chi connectivity index (χ3v) is 3.68. The minimum Gasteiger partial charge on any atom is -0.335 e. The molecule has 2 amide bonds. The van der Waals surface area contributed by atoms with Crippen LogP contribution in [0.5, 0.6) is 0 Å². The van der Waals surface area contributed by atoms with Crippen molar-refractivity contribution in [3.63, 3.8) is 0 Å². The van der Waals surface area contributed by atoms with Crippen LogP contribution in [0.15, 0.2) is 18.2 Å². The van der Waals surface area contributed by atoms with Crippen molar-refractivity contribution in [3.8, 4) is 0 Å². The van der Waals surface area contributed by atoms with Gasteiger partial charge in [-0.25, -0.2) is 0 Å². The zero-order chi connectivity index (χ0) is 19.4. The summed E-state index contributed by atoms with van der Waals surface area (Å²) < 4.78 is 38.4. The summed E-state index contributed by atoms with van der Waals surface area (Å²) in [5.41, 5.74) is 4.66. The van der Waals surface area contributed by atoms with E-state index in [2.05, 4.69) is 5.32 Å². The Morgan fingerprint density at radius 1 is 1.31 bits per heavy atom. The highest BCUT2D eigenvalue weighted by Crippen LogP contribution is 2.36. The molecule has 148 valence electrons. The molecular formula is C16H22Cl2F3N3O2. The van der Waals surface area contributed by atoms with E-state index in [1.54, 1.807) is 0 Å². The molecule has 0 aliphatic rings. The van der Waals surface area contributed by atoms with E-state index in [4.69, 9.17) is 17.3 Å². The van der Waals surface area contributed by atoms with Gasteiger partial charge in [0.2, 0.25) is 11.8 Å². The second-order valence-electron chi connectivity index (χ2n) is 6.17. The minimum atomic E-state index is -4.63. The Kier molecular flexibility index (Phi) is 9.41. The molecule has 0 unspecified atom stereocenters. The van der Waals surface area contributed by atoms with Crippen LogP contribution in [0.25, 0.3) is 0 Å². The first-order chi connectivity index (χ1) is 11.4. The van der Waals surface area contributed by atoms with Crippen LogP contribution in [-0.2, 0) is 15.8 Å². The van der Waals surface area contributed by atoms with Gasteiger partial charge in [-0.3, -0.25) is 9.59 Å². The Bertz CT molecular complexity index is 640. The number of nitrogens with one attached hydrogen (secondary N) is 1. The summed E-state index contributed by atoms with van der Waals surface area (Å²) in [5.74, 6) is -0.824. The molecule has 0 saturated heterocycles. The number of likely N-dealkylation sites (N-methyl/N-ethyl adjacent to an activating group) is 1. The maximum absolute atomic E-state index is 12.8. The van der Waals surface area contributed by atoms with Crippen LogP contribution in [-0.4, -0.2) is 36.3 Å². The first-order valence-electron chi connectivity index (χ1n) is 7.59. The molecule has 0 fully saturated rings. The second kappa shape index (κ2) is 9.99. The molecule has 10 heteroatoms. The monoisotopic (exact) mass is 415 g/mol. The third kappa shape index (κ3) is 7.39. The fourth-order valence-electron chi connectivity index (χ4n) is 2.21. The Balaban J connectivity index is 0.00000625. The summed E-state index contributed by atoms with van der Waals surface area (Å²) in [6, 6.07) is 2.31. The number of nitrogens with two attached hydrogens (primary N) is 1. The number of rotatable bonds is 6. The molecule has 3 N–H and O–H groups in total. The van der Waals surface area contributed by atoms with Crippen LogP contribution in [0, 0.1) is 5.92 Å². The molecule has 0 spiro atoms. The molecule has 0 heterocycles. The van der Waals surface area contributed by atoms with Gasteiger partial charge in [-0.05, 0) is 30.5 Å². The quantitative estimate of drug-likeness (QED) is 0.745. The summed E-state index contributed by atoms with van der Waals surface area (Å²) in [4.78, 5) is 25.2. The fraction of sp³-hybridized carbons (Fsp3) is 0.500. The molecule has 0 aliphatic carbocycles. The number of carbonyl (C=O) groups excluding carboxylic acids is 2. The number of hydrogen-bond donors (Lipinski definition) is 2. The maximum atomic E-state index is 12.8. The molecule has 0 aliphatic heterocycles.